The van der Waals surface area contributed by atoms with Gasteiger partial charge < -0.3 is 10.4 Å². The Labute approximate surface area is 123 Å². The monoisotopic (exact) mass is 291 g/mol. The van der Waals surface area contributed by atoms with E-state index in [-0.39, 0.29) is 0 Å². The lowest BCUT2D eigenvalue weighted by Crippen LogP contribution is -2.14. The molecule has 0 spiro atoms. The standard InChI is InChI=1S/C15H18ClN3O/c1-10(2)13-7-8-17-15(19-13)18-9-14(20)11-5-3-4-6-12(11)16/h3-8,10,14,20H,9H2,1-2H3,(H,17,18,19)/t14-/m1/s1. The molecule has 0 saturated heterocycles. The van der Waals surface area contributed by atoms with Crippen LogP contribution >= 0.6 is 11.6 Å². The van der Waals surface area contributed by atoms with Crippen LogP contribution in [0.5, 0.6) is 0 Å². The average molecular weight is 292 g/mol. The third kappa shape index (κ3) is 3.68. The number of aliphatic hydroxyl groups is 1. The molecule has 5 heteroatoms. The number of hydrogen-bond acceptors (Lipinski definition) is 4. The van der Waals surface area contributed by atoms with Crippen LogP contribution in [-0.4, -0.2) is 21.6 Å². The summed E-state index contributed by atoms with van der Waals surface area (Å²) in [6, 6.07) is 9.14. The number of aromatic nitrogens is 2. The molecule has 2 aromatic rings. The Kier molecular flexibility index (Phi) is 4.93. The number of halogens is 1. The fourth-order valence-corrected chi connectivity index (χ4v) is 2.08. The Morgan fingerprint density at radius 2 is 2.00 bits per heavy atom. The molecule has 2 N–H and O–H groups in total. The van der Waals surface area contributed by atoms with Crippen LogP contribution in [0.3, 0.4) is 0 Å². The molecule has 0 aliphatic carbocycles. The first-order valence-electron chi connectivity index (χ1n) is 6.57. The maximum atomic E-state index is 10.1. The Bertz CT molecular complexity index is 575. The smallest absolute Gasteiger partial charge is 0.222 e. The van der Waals surface area contributed by atoms with Gasteiger partial charge >= 0.3 is 0 Å². The molecule has 1 heterocycles. The molecule has 0 radical (unpaired) electrons. The lowest BCUT2D eigenvalue weighted by atomic mass is 10.1. The van der Waals surface area contributed by atoms with Gasteiger partial charge in [-0.15, -0.1) is 0 Å². The molecule has 0 aliphatic heterocycles. The van der Waals surface area contributed by atoms with Crippen LogP contribution in [-0.2, 0) is 0 Å². The van der Waals surface area contributed by atoms with E-state index in [1.807, 2.05) is 18.2 Å². The van der Waals surface area contributed by atoms with Crippen LogP contribution < -0.4 is 5.32 Å². The fraction of sp³-hybridized carbons (Fsp3) is 0.333. The number of benzene rings is 1. The van der Waals surface area contributed by atoms with Crippen molar-refractivity contribution < 1.29 is 5.11 Å². The van der Waals surface area contributed by atoms with Crippen LogP contribution in [0, 0.1) is 0 Å². The van der Waals surface area contributed by atoms with E-state index in [1.54, 1.807) is 18.3 Å². The molecule has 0 fully saturated rings. The summed E-state index contributed by atoms with van der Waals surface area (Å²) in [4.78, 5) is 8.54. The van der Waals surface area contributed by atoms with Gasteiger partial charge in [-0.2, -0.15) is 0 Å². The normalized spacial score (nSPS) is 12.4. The molecule has 1 aromatic carbocycles. The molecule has 0 bridgehead atoms. The molecular formula is C15H18ClN3O. The molecular weight excluding hydrogens is 274 g/mol. The van der Waals surface area contributed by atoms with E-state index in [0.29, 0.717) is 29.0 Å². The van der Waals surface area contributed by atoms with Gasteiger partial charge in [-0.05, 0) is 18.1 Å². The van der Waals surface area contributed by atoms with E-state index in [9.17, 15) is 5.11 Å². The minimum absolute atomic E-state index is 0.311. The summed E-state index contributed by atoms with van der Waals surface area (Å²) in [5.41, 5.74) is 1.66. The minimum atomic E-state index is -0.699. The van der Waals surface area contributed by atoms with E-state index in [0.717, 1.165) is 5.69 Å². The Morgan fingerprint density at radius 1 is 1.25 bits per heavy atom. The summed E-state index contributed by atoms with van der Waals surface area (Å²) in [5, 5.41) is 13.7. The molecule has 106 valence electrons. The van der Waals surface area contributed by atoms with Crippen molar-refractivity contribution >= 4 is 17.5 Å². The Morgan fingerprint density at radius 3 is 2.70 bits per heavy atom. The second-order valence-corrected chi connectivity index (χ2v) is 5.29. The fourth-order valence-electron chi connectivity index (χ4n) is 1.82. The zero-order chi connectivity index (χ0) is 14.5. The van der Waals surface area contributed by atoms with E-state index in [2.05, 4.69) is 29.1 Å². The molecule has 0 unspecified atom stereocenters. The topological polar surface area (TPSA) is 58.0 Å². The quantitative estimate of drug-likeness (QED) is 0.886. The van der Waals surface area contributed by atoms with Crippen molar-refractivity contribution in [3.05, 3.63) is 52.8 Å². The third-order valence-corrected chi connectivity index (χ3v) is 3.33. The highest BCUT2D eigenvalue weighted by atomic mass is 35.5. The average Bonchev–Trinajstić information content (AvgIpc) is 2.45. The van der Waals surface area contributed by atoms with Gasteiger partial charge in [-0.1, -0.05) is 43.6 Å². The highest BCUT2D eigenvalue weighted by molar-refractivity contribution is 6.31. The number of nitrogens with zero attached hydrogens (tertiary/aromatic N) is 2. The second kappa shape index (κ2) is 6.68. The summed E-state index contributed by atoms with van der Waals surface area (Å²) in [6.07, 6.45) is 1.02. The number of anilines is 1. The van der Waals surface area contributed by atoms with Gasteiger partial charge in [0.2, 0.25) is 5.95 Å². The first-order chi connectivity index (χ1) is 9.58. The highest BCUT2D eigenvalue weighted by Crippen LogP contribution is 2.22. The summed E-state index contributed by atoms with van der Waals surface area (Å²) in [5.74, 6) is 0.856. The predicted octanol–water partition coefficient (Wildman–Crippen LogP) is 3.40. The maximum absolute atomic E-state index is 10.1. The van der Waals surface area contributed by atoms with Crippen molar-refractivity contribution in [3.8, 4) is 0 Å². The van der Waals surface area contributed by atoms with Gasteiger partial charge in [0.05, 0.1) is 6.10 Å². The molecule has 0 saturated carbocycles. The van der Waals surface area contributed by atoms with Crippen molar-refractivity contribution in [3.63, 3.8) is 0 Å². The Hall–Kier alpha value is -1.65. The predicted molar refractivity (Wildman–Crippen MR) is 81.0 cm³/mol. The molecule has 1 aromatic heterocycles. The molecule has 0 aliphatic rings. The summed E-state index contributed by atoms with van der Waals surface area (Å²) in [6.45, 7) is 4.46. The second-order valence-electron chi connectivity index (χ2n) is 4.88. The van der Waals surface area contributed by atoms with E-state index < -0.39 is 6.10 Å². The SMILES string of the molecule is CC(C)c1ccnc(NC[C@@H](O)c2ccccc2Cl)n1. The van der Waals surface area contributed by atoms with E-state index >= 15 is 0 Å². The van der Waals surface area contributed by atoms with E-state index in [4.69, 9.17) is 11.6 Å². The summed E-state index contributed by atoms with van der Waals surface area (Å²) < 4.78 is 0. The number of nitrogens with one attached hydrogen (secondary N) is 1. The van der Waals surface area contributed by atoms with E-state index in [1.165, 1.54) is 0 Å². The summed E-state index contributed by atoms with van der Waals surface area (Å²) in [7, 11) is 0. The van der Waals surface area contributed by atoms with Crippen LogP contribution in [0.4, 0.5) is 5.95 Å². The molecule has 0 amide bonds. The lowest BCUT2D eigenvalue weighted by Gasteiger charge is -2.14. The first-order valence-corrected chi connectivity index (χ1v) is 6.95. The van der Waals surface area contributed by atoms with Gasteiger partial charge in [0.25, 0.3) is 0 Å². The number of aliphatic hydroxyl groups excluding tert-OH is 1. The van der Waals surface area contributed by atoms with Crippen LogP contribution in [0.1, 0.15) is 37.1 Å². The van der Waals surface area contributed by atoms with Gasteiger partial charge in [-0.3, -0.25) is 0 Å². The van der Waals surface area contributed by atoms with Crippen LogP contribution in [0.15, 0.2) is 36.5 Å². The zero-order valence-corrected chi connectivity index (χ0v) is 12.3. The number of rotatable bonds is 5. The largest absolute Gasteiger partial charge is 0.387 e. The molecule has 2 rings (SSSR count). The van der Waals surface area contributed by atoms with Crippen LogP contribution in [0.2, 0.25) is 5.02 Å². The van der Waals surface area contributed by atoms with Gasteiger partial charge in [-0.25, -0.2) is 9.97 Å². The molecule has 20 heavy (non-hydrogen) atoms. The summed E-state index contributed by atoms with van der Waals surface area (Å²) >= 11 is 6.05. The maximum Gasteiger partial charge on any atom is 0.222 e. The van der Waals surface area contributed by atoms with Crippen LogP contribution in [0.25, 0.3) is 0 Å². The van der Waals surface area contributed by atoms with Crippen molar-refractivity contribution in [1.29, 1.82) is 0 Å². The molecule has 4 nitrogen and oxygen atoms in total. The minimum Gasteiger partial charge on any atom is -0.387 e. The lowest BCUT2D eigenvalue weighted by molar-refractivity contribution is 0.191. The number of hydrogen-bond donors (Lipinski definition) is 2. The third-order valence-electron chi connectivity index (χ3n) is 2.99. The van der Waals surface area contributed by atoms with Crippen molar-refractivity contribution in [2.45, 2.75) is 25.9 Å². The van der Waals surface area contributed by atoms with Gasteiger partial charge in [0.1, 0.15) is 0 Å². The highest BCUT2D eigenvalue weighted by Gasteiger charge is 2.11. The van der Waals surface area contributed by atoms with Crippen molar-refractivity contribution in [2.24, 2.45) is 0 Å². The molecule has 1 atom stereocenters. The zero-order valence-electron chi connectivity index (χ0n) is 11.5. The first kappa shape index (κ1) is 14.8. The Balaban J connectivity index is 2.02. The van der Waals surface area contributed by atoms with Gasteiger partial charge in [0, 0.05) is 29.0 Å². The van der Waals surface area contributed by atoms with Crippen molar-refractivity contribution in [2.75, 3.05) is 11.9 Å². The van der Waals surface area contributed by atoms with Crippen molar-refractivity contribution in [1.82, 2.24) is 9.97 Å². The van der Waals surface area contributed by atoms with Gasteiger partial charge in [0.15, 0.2) is 0 Å².